The average molecular weight is 387 g/mol. The molecule has 4 rings (SSSR count). The summed E-state index contributed by atoms with van der Waals surface area (Å²) < 4.78 is 24.5. The number of hydrogen-bond acceptors (Lipinski definition) is 3. The van der Waals surface area contributed by atoms with Crippen LogP contribution < -0.4 is 10.1 Å². The van der Waals surface area contributed by atoms with Gasteiger partial charge in [0.25, 0.3) is 5.91 Å². The minimum absolute atomic E-state index is 0.281. The summed E-state index contributed by atoms with van der Waals surface area (Å²) in [6.07, 6.45) is 0. The van der Waals surface area contributed by atoms with Crippen LogP contribution in [0.4, 0.5) is 10.1 Å². The van der Waals surface area contributed by atoms with Gasteiger partial charge in [0.1, 0.15) is 28.8 Å². The third-order valence-corrected chi connectivity index (χ3v) is 4.38. The summed E-state index contributed by atoms with van der Waals surface area (Å²) in [5.74, 6) is 1.81. The number of halogens is 1. The van der Waals surface area contributed by atoms with Crippen molar-refractivity contribution in [3.05, 3.63) is 102 Å². The number of hydrogen-bond donors (Lipinski definition) is 1. The van der Waals surface area contributed by atoms with E-state index < -0.39 is 0 Å². The Bertz CT molecular complexity index is 1120. The lowest BCUT2D eigenvalue weighted by Gasteiger charge is -2.07. The van der Waals surface area contributed by atoms with E-state index in [4.69, 9.17) is 9.15 Å². The normalized spacial score (nSPS) is 10.6. The smallest absolute Gasteiger partial charge is 0.259 e. The van der Waals surface area contributed by atoms with E-state index in [1.54, 1.807) is 49.4 Å². The van der Waals surface area contributed by atoms with Crippen LogP contribution in [0.15, 0.2) is 89.3 Å². The van der Waals surface area contributed by atoms with Crippen molar-refractivity contribution in [2.75, 3.05) is 5.32 Å². The Labute approximate surface area is 167 Å². The molecule has 0 aliphatic carbocycles. The molecule has 1 N–H and O–H groups in total. The quantitative estimate of drug-likeness (QED) is 0.429. The van der Waals surface area contributed by atoms with E-state index in [0.29, 0.717) is 34.1 Å². The highest BCUT2D eigenvalue weighted by Gasteiger charge is 2.16. The molecule has 0 aliphatic rings. The molecule has 0 fully saturated rings. The first-order valence-electron chi connectivity index (χ1n) is 9.09. The standard InChI is InChI=1S/C24H18FNO3/c1-16-22(15-23(28-16)17-7-9-18(25)10-8-17)24(27)26-19-11-13-21(14-12-19)29-20-5-3-2-4-6-20/h2-15H,1H3,(H,26,27). The summed E-state index contributed by atoms with van der Waals surface area (Å²) in [5.41, 5.74) is 1.77. The molecular formula is C24H18FNO3. The van der Waals surface area contributed by atoms with Gasteiger partial charge in [-0.25, -0.2) is 4.39 Å². The van der Waals surface area contributed by atoms with Crippen molar-refractivity contribution in [1.29, 1.82) is 0 Å². The number of ether oxygens (including phenoxy) is 1. The SMILES string of the molecule is Cc1oc(-c2ccc(F)cc2)cc1C(=O)Nc1ccc(Oc2ccccc2)cc1. The van der Waals surface area contributed by atoms with E-state index in [1.165, 1.54) is 12.1 Å². The van der Waals surface area contributed by atoms with Crippen LogP contribution in [0.5, 0.6) is 11.5 Å². The Balaban J connectivity index is 1.46. The predicted octanol–water partition coefficient (Wildman–Crippen LogP) is 6.44. The molecule has 1 heterocycles. The Morgan fingerprint density at radius 2 is 1.55 bits per heavy atom. The molecule has 4 aromatic rings. The van der Waals surface area contributed by atoms with Gasteiger partial charge in [-0.3, -0.25) is 4.79 Å². The number of aryl methyl sites for hydroxylation is 1. The Kier molecular flexibility index (Phi) is 5.12. The Morgan fingerprint density at radius 3 is 2.24 bits per heavy atom. The van der Waals surface area contributed by atoms with Crippen LogP contribution >= 0.6 is 0 Å². The van der Waals surface area contributed by atoms with Gasteiger partial charge in [-0.05, 0) is 73.7 Å². The van der Waals surface area contributed by atoms with Crippen LogP contribution in [0, 0.1) is 12.7 Å². The first-order chi connectivity index (χ1) is 14.1. The molecule has 0 saturated carbocycles. The second-order valence-corrected chi connectivity index (χ2v) is 6.48. The first kappa shape index (κ1) is 18.5. The molecular weight excluding hydrogens is 369 g/mol. The van der Waals surface area contributed by atoms with Crippen LogP contribution in [0.1, 0.15) is 16.1 Å². The third-order valence-electron chi connectivity index (χ3n) is 4.38. The van der Waals surface area contributed by atoms with Crippen molar-refractivity contribution in [2.45, 2.75) is 6.92 Å². The second-order valence-electron chi connectivity index (χ2n) is 6.48. The molecule has 1 aromatic heterocycles. The number of nitrogens with one attached hydrogen (secondary N) is 1. The van der Waals surface area contributed by atoms with Crippen LogP contribution in [0.25, 0.3) is 11.3 Å². The largest absolute Gasteiger partial charge is 0.461 e. The molecule has 0 bridgehead atoms. The Hall–Kier alpha value is -3.86. The van der Waals surface area contributed by atoms with E-state index in [2.05, 4.69) is 5.32 Å². The number of carbonyl (C=O) groups excluding carboxylic acids is 1. The van der Waals surface area contributed by atoms with Crippen LogP contribution in [0.3, 0.4) is 0 Å². The number of amides is 1. The summed E-state index contributed by atoms with van der Waals surface area (Å²) in [4.78, 5) is 12.6. The van der Waals surface area contributed by atoms with Crippen LogP contribution in [0.2, 0.25) is 0 Å². The number of rotatable bonds is 5. The van der Waals surface area contributed by atoms with E-state index in [9.17, 15) is 9.18 Å². The zero-order valence-electron chi connectivity index (χ0n) is 15.7. The predicted molar refractivity (Wildman–Crippen MR) is 110 cm³/mol. The molecule has 29 heavy (non-hydrogen) atoms. The van der Waals surface area contributed by atoms with Crippen LogP contribution in [-0.4, -0.2) is 5.91 Å². The highest BCUT2D eigenvalue weighted by Crippen LogP contribution is 2.27. The van der Waals surface area contributed by atoms with Gasteiger partial charge in [-0.1, -0.05) is 18.2 Å². The van der Waals surface area contributed by atoms with Crippen molar-refractivity contribution in [1.82, 2.24) is 0 Å². The zero-order chi connectivity index (χ0) is 20.2. The van der Waals surface area contributed by atoms with E-state index in [-0.39, 0.29) is 11.7 Å². The summed E-state index contributed by atoms with van der Waals surface area (Å²) in [6.45, 7) is 1.72. The lowest BCUT2D eigenvalue weighted by atomic mass is 10.1. The lowest BCUT2D eigenvalue weighted by molar-refractivity contribution is 0.102. The van der Waals surface area contributed by atoms with Crippen LogP contribution in [-0.2, 0) is 0 Å². The second kappa shape index (κ2) is 8.02. The maximum Gasteiger partial charge on any atom is 0.259 e. The third kappa shape index (κ3) is 4.35. The molecule has 0 unspecified atom stereocenters. The fourth-order valence-electron chi connectivity index (χ4n) is 2.89. The fraction of sp³-hybridized carbons (Fsp3) is 0.0417. The van der Waals surface area contributed by atoms with Gasteiger partial charge in [0.05, 0.1) is 5.56 Å². The molecule has 0 atom stereocenters. The molecule has 4 nitrogen and oxygen atoms in total. The van der Waals surface area contributed by atoms with Crippen molar-refractivity contribution >= 4 is 11.6 Å². The molecule has 144 valence electrons. The summed E-state index contributed by atoms with van der Waals surface area (Å²) in [7, 11) is 0. The highest BCUT2D eigenvalue weighted by molar-refractivity contribution is 6.05. The van der Waals surface area contributed by atoms with Gasteiger partial charge < -0.3 is 14.5 Å². The summed E-state index contributed by atoms with van der Waals surface area (Å²) in [5, 5.41) is 2.85. The number of carbonyl (C=O) groups is 1. The van der Waals surface area contributed by atoms with Crippen molar-refractivity contribution in [3.63, 3.8) is 0 Å². The van der Waals surface area contributed by atoms with Crippen molar-refractivity contribution < 1.29 is 18.3 Å². The molecule has 3 aromatic carbocycles. The van der Waals surface area contributed by atoms with E-state index in [0.717, 1.165) is 5.75 Å². The molecule has 0 saturated heterocycles. The number of anilines is 1. The fourth-order valence-corrected chi connectivity index (χ4v) is 2.89. The number of furan rings is 1. The molecule has 0 aliphatic heterocycles. The zero-order valence-corrected chi connectivity index (χ0v) is 15.7. The van der Waals surface area contributed by atoms with Gasteiger partial charge in [0.2, 0.25) is 0 Å². The van der Waals surface area contributed by atoms with Gasteiger partial charge in [0, 0.05) is 11.3 Å². The van der Waals surface area contributed by atoms with Gasteiger partial charge in [-0.15, -0.1) is 0 Å². The summed E-state index contributed by atoms with van der Waals surface area (Å²) in [6, 6.07) is 24.2. The summed E-state index contributed by atoms with van der Waals surface area (Å²) >= 11 is 0. The van der Waals surface area contributed by atoms with E-state index in [1.807, 2.05) is 30.3 Å². The van der Waals surface area contributed by atoms with Gasteiger partial charge >= 0.3 is 0 Å². The molecule has 0 radical (unpaired) electrons. The van der Waals surface area contributed by atoms with Crippen molar-refractivity contribution in [3.8, 4) is 22.8 Å². The highest BCUT2D eigenvalue weighted by atomic mass is 19.1. The molecule has 5 heteroatoms. The minimum Gasteiger partial charge on any atom is -0.461 e. The first-order valence-corrected chi connectivity index (χ1v) is 9.09. The lowest BCUT2D eigenvalue weighted by Crippen LogP contribution is -2.11. The number of para-hydroxylation sites is 1. The Morgan fingerprint density at radius 1 is 0.897 bits per heavy atom. The maximum absolute atomic E-state index is 13.1. The monoisotopic (exact) mass is 387 g/mol. The molecule has 1 amide bonds. The van der Waals surface area contributed by atoms with Gasteiger partial charge in [0.15, 0.2) is 0 Å². The average Bonchev–Trinajstić information content (AvgIpc) is 3.12. The maximum atomic E-state index is 13.1. The van der Waals surface area contributed by atoms with Gasteiger partial charge in [-0.2, -0.15) is 0 Å². The van der Waals surface area contributed by atoms with E-state index >= 15 is 0 Å². The number of benzene rings is 3. The van der Waals surface area contributed by atoms with Crippen molar-refractivity contribution in [2.24, 2.45) is 0 Å². The topological polar surface area (TPSA) is 51.5 Å². The molecule has 0 spiro atoms. The minimum atomic E-state index is -0.324.